The minimum atomic E-state index is -0.229. The Morgan fingerprint density at radius 3 is 2.86 bits per heavy atom. The summed E-state index contributed by atoms with van der Waals surface area (Å²) in [7, 11) is 0. The lowest BCUT2D eigenvalue weighted by Crippen LogP contribution is -2.36. The quantitative estimate of drug-likeness (QED) is 0.666. The van der Waals surface area contributed by atoms with E-state index >= 15 is 0 Å². The van der Waals surface area contributed by atoms with Crippen LogP contribution in [0.3, 0.4) is 0 Å². The first-order valence-corrected chi connectivity index (χ1v) is 5.29. The van der Waals surface area contributed by atoms with Gasteiger partial charge in [-0.15, -0.1) is 6.58 Å². The normalized spacial score (nSPS) is 26.9. The van der Waals surface area contributed by atoms with E-state index in [1.165, 1.54) is 6.42 Å². The summed E-state index contributed by atoms with van der Waals surface area (Å²) >= 11 is 0. The van der Waals surface area contributed by atoms with Crippen LogP contribution in [0.15, 0.2) is 12.7 Å². The molecule has 2 N–H and O–H groups in total. The molecule has 1 aliphatic carbocycles. The smallest absolute Gasteiger partial charge is 0.223 e. The van der Waals surface area contributed by atoms with Crippen molar-refractivity contribution in [3.05, 3.63) is 12.7 Å². The van der Waals surface area contributed by atoms with E-state index < -0.39 is 0 Å². The summed E-state index contributed by atoms with van der Waals surface area (Å²) in [6, 6.07) is 0. The van der Waals surface area contributed by atoms with E-state index in [9.17, 15) is 9.90 Å². The molecule has 0 aromatic carbocycles. The lowest BCUT2D eigenvalue weighted by Gasteiger charge is -2.27. The van der Waals surface area contributed by atoms with Crippen LogP contribution in [0.1, 0.15) is 32.1 Å². The maximum absolute atomic E-state index is 11.1. The Hall–Kier alpha value is -0.830. The summed E-state index contributed by atoms with van der Waals surface area (Å²) < 4.78 is 0. The Morgan fingerprint density at radius 2 is 2.21 bits per heavy atom. The monoisotopic (exact) mass is 197 g/mol. The fourth-order valence-corrected chi connectivity index (χ4v) is 1.87. The van der Waals surface area contributed by atoms with Crippen molar-refractivity contribution in [2.45, 2.75) is 38.2 Å². The number of amides is 1. The number of aliphatic hydroxyl groups excluding tert-OH is 1. The molecular weight excluding hydrogens is 178 g/mol. The van der Waals surface area contributed by atoms with Crippen LogP contribution in [-0.2, 0) is 4.79 Å². The van der Waals surface area contributed by atoms with E-state index in [2.05, 4.69) is 11.9 Å². The summed E-state index contributed by atoms with van der Waals surface area (Å²) in [6.45, 7) is 4.11. The van der Waals surface area contributed by atoms with Crippen molar-refractivity contribution in [1.82, 2.24) is 5.32 Å². The Balaban J connectivity index is 2.22. The van der Waals surface area contributed by atoms with Gasteiger partial charge in [-0.25, -0.2) is 0 Å². The number of carbonyl (C=O) groups excluding carboxylic acids is 1. The average molecular weight is 197 g/mol. The molecule has 2 atom stereocenters. The van der Waals surface area contributed by atoms with Crippen molar-refractivity contribution in [2.75, 3.05) is 6.54 Å². The molecule has 0 aliphatic heterocycles. The average Bonchev–Trinajstić information content (AvgIpc) is 2.17. The van der Waals surface area contributed by atoms with Crippen molar-refractivity contribution in [3.8, 4) is 0 Å². The zero-order valence-corrected chi connectivity index (χ0v) is 8.54. The second kappa shape index (κ2) is 5.81. The van der Waals surface area contributed by atoms with Gasteiger partial charge >= 0.3 is 0 Å². The Kier molecular flexibility index (Phi) is 4.66. The maximum atomic E-state index is 11.1. The largest absolute Gasteiger partial charge is 0.393 e. The molecule has 14 heavy (non-hydrogen) atoms. The molecule has 0 aromatic rings. The molecule has 2 unspecified atom stereocenters. The zero-order chi connectivity index (χ0) is 10.4. The summed E-state index contributed by atoms with van der Waals surface area (Å²) in [6.07, 6.45) is 5.90. The van der Waals surface area contributed by atoms with Gasteiger partial charge in [0.1, 0.15) is 0 Å². The Morgan fingerprint density at radius 1 is 1.50 bits per heavy atom. The molecule has 0 bridgehead atoms. The van der Waals surface area contributed by atoms with Crippen LogP contribution in [0.4, 0.5) is 0 Å². The van der Waals surface area contributed by atoms with E-state index in [1.807, 2.05) is 0 Å². The zero-order valence-electron chi connectivity index (χ0n) is 8.54. The molecule has 0 spiro atoms. The van der Waals surface area contributed by atoms with Gasteiger partial charge in [0.15, 0.2) is 0 Å². The minimum absolute atomic E-state index is 0.00206. The van der Waals surface area contributed by atoms with Crippen LogP contribution in [0, 0.1) is 5.92 Å². The van der Waals surface area contributed by atoms with E-state index in [0.29, 0.717) is 13.0 Å². The molecule has 3 nitrogen and oxygen atoms in total. The first-order valence-electron chi connectivity index (χ1n) is 5.29. The molecule has 1 amide bonds. The standard InChI is InChI=1S/C11H19NO2/c1-2-5-11(14)12-8-9-6-3-4-7-10(9)13/h2,9-10,13H,1,3-8H2,(H,12,14). The van der Waals surface area contributed by atoms with Gasteiger partial charge in [0, 0.05) is 18.9 Å². The SMILES string of the molecule is C=CCC(=O)NCC1CCCCC1O. The molecule has 0 saturated heterocycles. The van der Waals surface area contributed by atoms with Gasteiger partial charge in [-0.2, -0.15) is 0 Å². The Bertz CT molecular complexity index is 203. The highest BCUT2D eigenvalue weighted by molar-refractivity contribution is 5.77. The first kappa shape index (κ1) is 11.2. The number of rotatable bonds is 4. The second-order valence-electron chi connectivity index (χ2n) is 3.91. The predicted molar refractivity (Wildman–Crippen MR) is 55.8 cm³/mol. The van der Waals surface area contributed by atoms with Crippen LogP contribution < -0.4 is 5.32 Å². The fourth-order valence-electron chi connectivity index (χ4n) is 1.87. The Labute approximate surface area is 85.2 Å². The van der Waals surface area contributed by atoms with Gasteiger partial charge in [0.05, 0.1) is 6.10 Å². The van der Waals surface area contributed by atoms with E-state index in [4.69, 9.17) is 0 Å². The van der Waals surface area contributed by atoms with Crippen molar-refractivity contribution in [2.24, 2.45) is 5.92 Å². The van der Waals surface area contributed by atoms with Gasteiger partial charge in [-0.1, -0.05) is 18.9 Å². The van der Waals surface area contributed by atoms with Gasteiger partial charge in [0.2, 0.25) is 5.91 Å². The third-order valence-corrected chi connectivity index (χ3v) is 2.76. The second-order valence-corrected chi connectivity index (χ2v) is 3.91. The van der Waals surface area contributed by atoms with Gasteiger partial charge < -0.3 is 10.4 Å². The van der Waals surface area contributed by atoms with Crippen molar-refractivity contribution >= 4 is 5.91 Å². The number of hydrogen-bond donors (Lipinski definition) is 2. The number of hydrogen-bond acceptors (Lipinski definition) is 2. The lowest BCUT2D eigenvalue weighted by atomic mass is 9.86. The highest BCUT2D eigenvalue weighted by atomic mass is 16.3. The third kappa shape index (κ3) is 3.50. The van der Waals surface area contributed by atoms with Crippen LogP contribution in [0.5, 0.6) is 0 Å². The van der Waals surface area contributed by atoms with E-state index in [-0.39, 0.29) is 17.9 Å². The molecule has 0 heterocycles. The third-order valence-electron chi connectivity index (χ3n) is 2.76. The summed E-state index contributed by atoms with van der Waals surface area (Å²) in [5.41, 5.74) is 0. The predicted octanol–water partition coefficient (Wildman–Crippen LogP) is 1.23. The summed E-state index contributed by atoms with van der Waals surface area (Å²) in [5.74, 6) is 0.246. The van der Waals surface area contributed by atoms with Crippen LogP contribution in [-0.4, -0.2) is 23.7 Å². The van der Waals surface area contributed by atoms with Gasteiger partial charge in [0.25, 0.3) is 0 Å². The molecule has 0 radical (unpaired) electrons. The highest BCUT2D eigenvalue weighted by Gasteiger charge is 2.22. The molecule has 1 rings (SSSR count). The van der Waals surface area contributed by atoms with Gasteiger partial charge in [-0.05, 0) is 12.8 Å². The van der Waals surface area contributed by atoms with Crippen molar-refractivity contribution in [3.63, 3.8) is 0 Å². The topological polar surface area (TPSA) is 49.3 Å². The van der Waals surface area contributed by atoms with Crippen LogP contribution in [0.25, 0.3) is 0 Å². The maximum Gasteiger partial charge on any atom is 0.223 e. The molecule has 80 valence electrons. The molecule has 1 fully saturated rings. The van der Waals surface area contributed by atoms with Crippen molar-refractivity contribution in [1.29, 1.82) is 0 Å². The summed E-state index contributed by atoms with van der Waals surface area (Å²) in [4.78, 5) is 11.1. The van der Waals surface area contributed by atoms with Crippen LogP contribution in [0.2, 0.25) is 0 Å². The molecule has 3 heteroatoms. The lowest BCUT2D eigenvalue weighted by molar-refractivity contribution is -0.120. The number of aliphatic hydroxyl groups is 1. The molecular formula is C11H19NO2. The fraction of sp³-hybridized carbons (Fsp3) is 0.727. The van der Waals surface area contributed by atoms with Gasteiger partial charge in [-0.3, -0.25) is 4.79 Å². The minimum Gasteiger partial charge on any atom is -0.393 e. The first-order chi connectivity index (χ1) is 6.74. The summed E-state index contributed by atoms with van der Waals surface area (Å²) in [5, 5.41) is 12.5. The van der Waals surface area contributed by atoms with E-state index in [1.54, 1.807) is 6.08 Å². The molecule has 1 saturated carbocycles. The number of carbonyl (C=O) groups is 1. The highest BCUT2D eigenvalue weighted by Crippen LogP contribution is 2.23. The van der Waals surface area contributed by atoms with Crippen molar-refractivity contribution < 1.29 is 9.90 Å². The van der Waals surface area contributed by atoms with Crippen LogP contribution >= 0.6 is 0 Å². The molecule has 0 aromatic heterocycles. The van der Waals surface area contributed by atoms with E-state index in [0.717, 1.165) is 19.3 Å². The number of nitrogens with one attached hydrogen (secondary N) is 1. The molecule has 1 aliphatic rings.